The normalized spacial score (nSPS) is 12.4. The molecule has 0 aliphatic rings. The van der Waals surface area contributed by atoms with E-state index < -0.39 is 0 Å². The minimum absolute atomic E-state index is 0.0624. The van der Waals surface area contributed by atoms with Crippen molar-refractivity contribution < 1.29 is 4.79 Å². The van der Waals surface area contributed by atoms with Gasteiger partial charge in [0.2, 0.25) is 0 Å². The molecule has 0 heterocycles. The van der Waals surface area contributed by atoms with Gasteiger partial charge in [0.1, 0.15) is 6.29 Å². The molecule has 0 amide bonds. The topological polar surface area (TPSA) is 17.1 Å². The van der Waals surface area contributed by atoms with Crippen molar-refractivity contribution in [3.05, 3.63) is 77.9 Å². The standard InChI is InChI=1S/C17H16O/c18-14-17(13-16-9-5-2-6-10-16)12-11-15-7-3-1-4-8-15/h1-12,14,17H,13H2. The molecule has 0 aliphatic heterocycles. The van der Waals surface area contributed by atoms with Gasteiger partial charge in [-0.05, 0) is 17.5 Å². The van der Waals surface area contributed by atoms with E-state index in [1.54, 1.807) is 0 Å². The number of carbonyl (C=O) groups is 1. The van der Waals surface area contributed by atoms with Gasteiger partial charge < -0.3 is 4.79 Å². The highest BCUT2D eigenvalue weighted by molar-refractivity contribution is 5.61. The summed E-state index contributed by atoms with van der Waals surface area (Å²) in [7, 11) is 0. The molecule has 0 N–H and O–H groups in total. The highest BCUT2D eigenvalue weighted by Gasteiger charge is 2.03. The zero-order valence-electron chi connectivity index (χ0n) is 10.2. The zero-order chi connectivity index (χ0) is 12.6. The van der Waals surface area contributed by atoms with Gasteiger partial charge >= 0.3 is 0 Å². The number of benzene rings is 2. The summed E-state index contributed by atoms with van der Waals surface area (Å²) in [5.41, 5.74) is 2.31. The van der Waals surface area contributed by atoms with Crippen LogP contribution >= 0.6 is 0 Å². The third-order valence-corrected chi connectivity index (χ3v) is 2.82. The molecule has 0 spiro atoms. The molecule has 1 heteroatoms. The summed E-state index contributed by atoms with van der Waals surface area (Å²) in [6.45, 7) is 0. The first kappa shape index (κ1) is 12.3. The van der Waals surface area contributed by atoms with Crippen molar-refractivity contribution in [3.8, 4) is 0 Å². The van der Waals surface area contributed by atoms with Crippen molar-refractivity contribution in [2.24, 2.45) is 5.92 Å². The summed E-state index contributed by atoms with van der Waals surface area (Å²) in [6, 6.07) is 20.1. The van der Waals surface area contributed by atoms with Crippen LogP contribution in [0.25, 0.3) is 6.08 Å². The predicted molar refractivity (Wildman–Crippen MR) is 75.2 cm³/mol. The lowest BCUT2D eigenvalue weighted by molar-refractivity contribution is -0.109. The van der Waals surface area contributed by atoms with Crippen LogP contribution < -0.4 is 0 Å². The van der Waals surface area contributed by atoms with E-state index in [1.807, 2.05) is 72.8 Å². The molecule has 2 aromatic carbocycles. The summed E-state index contributed by atoms with van der Waals surface area (Å²) in [6.07, 6.45) is 5.73. The number of carbonyl (C=O) groups excluding carboxylic acids is 1. The SMILES string of the molecule is O=CC(C=Cc1ccccc1)Cc1ccccc1. The van der Waals surface area contributed by atoms with E-state index in [4.69, 9.17) is 0 Å². The van der Waals surface area contributed by atoms with E-state index in [1.165, 1.54) is 5.56 Å². The minimum atomic E-state index is -0.0624. The number of hydrogen-bond acceptors (Lipinski definition) is 1. The number of hydrogen-bond donors (Lipinski definition) is 0. The summed E-state index contributed by atoms with van der Waals surface area (Å²) >= 11 is 0. The second-order valence-electron chi connectivity index (χ2n) is 4.26. The van der Waals surface area contributed by atoms with E-state index in [9.17, 15) is 4.79 Å². The van der Waals surface area contributed by atoms with Gasteiger partial charge in [0.15, 0.2) is 0 Å². The first-order chi connectivity index (χ1) is 8.88. The quantitative estimate of drug-likeness (QED) is 0.722. The van der Waals surface area contributed by atoms with E-state index in [-0.39, 0.29) is 5.92 Å². The second-order valence-corrected chi connectivity index (χ2v) is 4.26. The maximum atomic E-state index is 11.1. The van der Waals surface area contributed by atoms with Crippen molar-refractivity contribution in [2.75, 3.05) is 0 Å². The average molecular weight is 236 g/mol. The largest absolute Gasteiger partial charge is 0.303 e. The third kappa shape index (κ3) is 3.70. The Labute approximate surface area is 108 Å². The van der Waals surface area contributed by atoms with Gasteiger partial charge in [-0.25, -0.2) is 0 Å². The van der Waals surface area contributed by atoms with Gasteiger partial charge in [-0.1, -0.05) is 72.8 Å². The van der Waals surface area contributed by atoms with Crippen molar-refractivity contribution >= 4 is 12.4 Å². The minimum Gasteiger partial charge on any atom is -0.303 e. The Morgan fingerprint density at radius 2 is 1.50 bits per heavy atom. The monoisotopic (exact) mass is 236 g/mol. The Morgan fingerprint density at radius 3 is 2.11 bits per heavy atom. The first-order valence-electron chi connectivity index (χ1n) is 6.11. The predicted octanol–water partition coefficient (Wildman–Crippen LogP) is 3.76. The van der Waals surface area contributed by atoms with Gasteiger partial charge in [0.25, 0.3) is 0 Å². The van der Waals surface area contributed by atoms with Crippen LogP contribution in [-0.2, 0) is 11.2 Å². The van der Waals surface area contributed by atoms with Crippen LogP contribution in [0.4, 0.5) is 0 Å². The highest BCUT2D eigenvalue weighted by atomic mass is 16.1. The van der Waals surface area contributed by atoms with E-state index in [0.717, 1.165) is 18.3 Å². The fourth-order valence-electron chi connectivity index (χ4n) is 1.85. The summed E-state index contributed by atoms with van der Waals surface area (Å²) in [5, 5.41) is 0. The van der Waals surface area contributed by atoms with Crippen LogP contribution in [0.3, 0.4) is 0 Å². The average Bonchev–Trinajstić information content (AvgIpc) is 2.45. The van der Waals surface area contributed by atoms with Crippen LogP contribution in [0.1, 0.15) is 11.1 Å². The number of rotatable bonds is 5. The molecule has 18 heavy (non-hydrogen) atoms. The van der Waals surface area contributed by atoms with E-state index in [2.05, 4.69) is 0 Å². The van der Waals surface area contributed by atoms with Crippen molar-refractivity contribution in [1.82, 2.24) is 0 Å². The first-order valence-corrected chi connectivity index (χ1v) is 6.11. The maximum Gasteiger partial charge on any atom is 0.127 e. The van der Waals surface area contributed by atoms with Gasteiger partial charge in [0, 0.05) is 5.92 Å². The smallest absolute Gasteiger partial charge is 0.127 e. The molecule has 1 atom stereocenters. The second kappa shape index (κ2) is 6.55. The van der Waals surface area contributed by atoms with Gasteiger partial charge in [-0.3, -0.25) is 0 Å². The zero-order valence-corrected chi connectivity index (χ0v) is 10.2. The molecule has 0 fully saturated rings. The van der Waals surface area contributed by atoms with Crippen LogP contribution in [0.2, 0.25) is 0 Å². The molecule has 0 aliphatic carbocycles. The Balaban J connectivity index is 2.02. The molecule has 0 saturated carbocycles. The number of allylic oxidation sites excluding steroid dienone is 1. The van der Waals surface area contributed by atoms with Crippen LogP contribution in [0.5, 0.6) is 0 Å². The molecule has 0 bridgehead atoms. The molecule has 0 radical (unpaired) electrons. The third-order valence-electron chi connectivity index (χ3n) is 2.82. The van der Waals surface area contributed by atoms with Crippen LogP contribution in [-0.4, -0.2) is 6.29 Å². The lowest BCUT2D eigenvalue weighted by Gasteiger charge is -2.04. The molecule has 90 valence electrons. The molecular weight excluding hydrogens is 220 g/mol. The summed E-state index contributed by atoms with van der Waals surface area (Å²) < 4.78 is 0. The highest BCUT2D eigenvalue weighted by Crippen LogP contribution is 2.10. The Kier molecular flexibility index (Phi) is 4.48. The lowest BCUT2D eigenvalue weighted by Crippen LogP contribution is -2.02. The van der Waals surface area contributed by atoms with E-state index >= 15 is 0 Å². The molecule has 1 unspecified atom stereocenters. The van der Waals surface area contributed by atoms with Crippen molar-refractivity contribution in [2.45, 2.75) is 6.42 Å². The Hall–Kier alpha value is -2.15. The number of aldehydes is 1. The molecule has 2 rings (SSSR count). The van der Waals surface area contributed by atoms with Crippen molar-refractivity contribution in [3.63, 3.8) is 0 Å². The molecular formula is C17H16O. The van der Waals surface area contributed by atoms with Gasteiger partial charge in [0.05, 0.1) is 0 Å². The van der Waals surface area contributed by atoms with E-state index in [0.29, 0.717) is 0 Å². The van der Waals surface area contributed by atoms with Crippen LogP contribution in [0, 0.1) is 5.92 Å². The molecule has 2 aromatic rings. The summed E-state index contributed by atoms with van der Waals surface area (Å²) in [5.74, 6) is -0.0624. The molecule has 0 aromatic heterocycles. The molecule has 1 nitrogen and oxygen atoms in total. The van der Waals surface area contributed by atoms with Crippen molar-refractivity contribution in [1.29, 1.82) is 0 Å². The van der Waals surface area contributed by atoms with Crippen LogP contribution in [0.15, 0.2) is 66.7 Å². The van der Waals surface area contributed by atoms with Gasteiger partial charge in [-0.2, -0.15) is 0 Å². The fraction of sp³-hybridized carbons (Fsp3) is 0.118. The molecule has 0 saturated heterocycles. The maximum absolute atomic E-state index is 11.1. The van der Waals surface area contributed by atoms with Gasteiger partial charge in [-0.15, -0.1) is 0 Å². The Bertz CT molecular complexity index is 500. The lowest BCUT2D eigenvalue weighted by atomic mass is 9.99. The Morgan fingerprint density at radius 1 is 0.889 bits per heavy atom. The summed E-state index contributed by atoms with van der Waals surface area (Å²) in [4.78, 5) is 11.1. The fourth-order valence-corrected chi connectivity index (χ4v) is 1.85.